The quantitative estimate of drug-likeness (QED) is 0.562. The highest BCUT2D eigenvalue weighted by Gasteiger charge is 2.06. The number of hydrogen-bond donors (Lipinski definition) is 2. The van der Waals surface area contributed by atoms with Crippen molar-refractivity contribution >= 4 is 11.4 Å². The van der Waals surface area contributed by atoms with Gasteiger partial charge in [0.15, 0.2) is 0 Å². The first-order valence-corrected chi connectivity index (χ1v) is 5.94. The molecule has 17 heavy (non-hydrogen) atoms. The Morgan fingerprint density at radius 3 is 2.65 bits per heavy atom. The zero-order chi connectivity index (χ0) is 12.7. The lowest BCUT2D eigenvalue weighted by molar-refractivity contribution is 0.283. The summed E-state index contributed by atoms with van der Waals surface area (Å²) in [7, 11) is 3.66. The molecule has 0 bridgehead atoms. The van der Waals surface area contributed by atoms with Crippen molar-refractivity contribution in [2.24, 2.45) is 0 Å². The molecule has 0 saturated carbocycles. The third-order valence-electron chi connectivity index (χ3n) is 2.80. The Morgan fingerprint density at radius 2 is 2.06 bits per heavy atom. The first-order chi connectivity index (χ1) is 8.19. The van der Waals surface area contributed by atoms with Crippen molar-refractivity contribution in [3.05, 3.63) is 18.2 Å². The third kappa shape index (κ3) is 4.15. The summed E-state index contributed by atoms with van der Waals surface area (Å²) >= 11 is 0. The molecule has 0 aromatic heterocycles. The Kier molecular flexibility index (Phi) is 5.63. The maximum Gasteiger partial charge on any atom is 0.121 e. The molecule has 0 saturated heterocycles. The fourth-order valence-electron chi connectivity index (χ4n) is 1.77. The van der Waals surface area contributed by atoms with Crippen molar-refractivity contribution in [1.29, 1.82) is 0 Å². The second-order valence-electron chi connectivity index (χ2n) is 4.13. The molecule has 0 atom stereocenters. The average Bonchev–Trinajstić information content (AvgIpc) is 2.34. The summed E-state index contributed by atoms with van der Waals surface area (Å²) in [4.78, 5) is 2.13. The van der Waals surface area contributed by atoms with Gasteiger partial charge < -0.3 is 20.5 Å². The molecule has 0 fully saturated rings. The van der Waals surface area contributed by atoms with E-state index in [9.17, 15) is 0 Å². The van der Waals surface area contributed by atoms with Gasteiger partial charge >= 0.3 is 0 Å². The van der Waals surface area contributed by atoms with Gasteiger partial charge in [-0.15, -0.1) is 0 Å². The van der Waals surface area contributed by atoms with E-state index in [4.69, 9.17) is 15.6 Å². The first-order valence-electron chi connectivity index (χ1n) is 5.94. The molecule has 4 heteroatoms. The van der Waals surface area contributed by atoms with Crippen LogP contribution in [0.2, 0.25) is 0 Å². The monoisotopic (exact) mass is 238 g/mol. The number of hydrogen-bond acceptors (Lipinski definition) is 4. The molecule has 1 aromatic rings. The largest absolute Gasteiger partial charge is 0.497 e. The molecule has 1 aromatic carbocycles. The van der Waals surface area contributed by atoms with E-state index in [-0.39, 0.29) is 6.61 Å². The third-order valence-corrected chi connectivity index (χ3v) is 2.80. The highest BCUT2D eigenvalue weighted by atomic mass is 16.5. The molecule has 0 aliphatic heterocycles. The normalized spacial score (nSPS) is 10.3. The van der Waals surface area contributed by atoms with E-state index in [0.29, 0.717) is 0 Å². The molecule has 0 heterocycles. The summed E-state index contributed by atoms with van der Waals surface area (Å²) < 4.78 is 5.12. The number of aliphatic hydroxyl groups excluding tert-OH is 1. The topological polar surface area (TPSA) is 58.7 Å². The van der Waals surface area contributed by atoms with Crippen molar-refractivity contribution < 1.29 is 9.84 Å². The Balaban J connectivity index is 2.53. The molecule has 96 valence electrons. The summed E-state index contributed by atoms with van der Waals surface area (Å²) in [6, 6.07) is 5.72. The maximum atomic E-state index is 8.70. The van der Waals surface area contributed by atoms with Gasteiger partial charge in [0.1, 0.15) is 5.75 Å². The Hall–Kier alpha value is -1.42. The molecule has 0 aliphatic carbocycles. The summed E-state index contributed by atoms with van der Waals surface area (Å²) in [5.41, 5.74) is 7.72. The Bertz CT molecular complexity index is 342. The minimum Gasteiger partial charge on any atom is -0.497 e. The van der Waals surface area contributed by atoms with Crippen LogP contribution in [0.3, 0.4) is 0 Å². The number of methoxy groups -OCH3 is 1. The van der Waals surface area contributed by atoms with Gasteiger partial charge in [0.05, 0.1) is 18.5 Å². The van der Waals surface area contributed by atoms with Gasteiger partial charge in [-0.25, -0.2) is 0 Å². The smallest absolute Gasteiger partial charge is 0.121 e. The highest BCUT2D eigenvalue weighted by molar-refractivity contribution is 5.69. The molecule has 0 radical (unpaired) electrons. The van der Waals surface area contributed by atoms with Crippen molar-refractivity contribution in [3.8, 4) is 5.75 Å². The number of aliphatic hydroxyl groups is 1. The minimum absolute atomic E-state index is 0.272. The van der Waals surface area contributed by atoms with Crippen LogP contribution >= 0.6 is 0 Å². The maximum absolute atomic E-state index is 8.70. The van der Waals surface area contributed by atoms with Crippen LogP contribution in [0.25, 0.3) is 0 Å². The average molecular weight is 238 g/mol. The van der Waals surface area contributed by atoms with Crippen LogP contribution in [0.5, 0.6) is 5.75 Å². The van der Waals surface area contributed by atoms with Crippen LogP contribution in [0.4, 0.5) is 11.4 Å². The van der Waals surface area contributed by atoms with Gasteiger partial charge in [0.25, 0.3) is 0 Å². The number of nitrogen functional groups attached to an aromatic ring is 1. The lowest BCUT2D eigenvalue weighted by Gasteiger charge is -2.21. The van der Waals surface area contributed by atoms with E-state index in [0.717, 1.165) is 42.9 Å². The van der Waals surface area contributed by atoms with Crippen LogP contribution in [-0.2, 0) is 0 Å². The molecule has 3 N–H and O–H groups in total. The molecule has 0 unspecified atom stereocenters. The van der Waals surface area contributed by atoms with Crippen LogP contribution in [0, 0.1) is 0 Å². The van der Waals surface area contributed by atoms with Crippen LogP contribution in [-0.4, -0.2) is 32.4 Å². The zero-order valence-corrected chi connectivity index (χ0v) is 10.6. The predicted molar refractivity (Wildman–Crippen MR) is 71.6 cm³/mol. The molecule has 0 spiro atoms. The van der Waals surface area contributed by atoms with Gasteiger partial charge in [-0.05, 0) is 31.4 Å². The van der Waals surface area contributed by atoms with Crippen LogP contribution < -0.4 is 15.4 Å². The molecule has 4 nitrogen and oxygen atoms in total. The minimum atomic E-state index is 0.272. The summed E-state index contributed by atoms with van der Waals surface area (Å²) in [6.07, 6.45) is 2.96. The SMILES string of the molecule is COc1ccc(N(C)CCCCCO)c(N)c1. The molecular formula is C13H22N2O2. The van der Waals surface area contributed by atoms with E-state index in [1.807, 2.05) is 25.2 Å². The Morgan fingerprint density at radius 1 is 1.29 bits per heavy atom. The number of nitrogens with two attached hydrogens (primary N) is 1. The number of anilines is 2. The summed E-state index contributed by atoms with van der Waals surface area (Å²) in [5, 5.41) is 8.70. The van der Waals surface area contributed by atoms with E-state index in [2.05, 4.69) is 4.90 Å². The second-order valence-corrected chi connectivity index (χ2v) is 4.13. The number of benzene rings is 1. The first kappa shape index (κ1) is 13.6. The molecular weight excluding hydrogens is 216 g/mol. The van der Waals surface area contributed by atoms with Crippen molar-refractivity contribution in [2.45, 2.75) is 19.3 Å². The zero-order valence-electron chi connectivity index (χ0n) is 10.6. The molecule has 0 aliphatic rings. The molecule has 1 rings (SSSR count). The second kappa shape index (κ2) is 7.01. The number of ether oxygens (including phenoxy) is 1. The number of nitrogens with zero attached hydrogens (tertiary/aromatic N) is 1. The number of unbranched alkanes of at least 4 members (excludes halogenated alkanes) is 2. The summed E-state index contributed by atoms with van der Waals surface area (Å²) in [6.45, 7) is 1.21. The molecule has 0 amide bonds. The fourth-order valence-corrected chi connectivity index (χ4v) is 1.77. The Labute approximate surface area is 103 Å². The van der Waals surface area contributed by atoms with Gasteiger partial charge in [-0.3, -0.25) is 0 Å². The van der Waals surface area contributed by atoms with Crippen molar-refractivity contribution in [1.82, 2.24) is 0 Å². The standard InChI is InChI=1S/C13H22N2O2/c1-15(8-4-3-5-9-16)13-7-6-11(17-2)10-12(13)14/h6-7,10,16H,3-5,8-9,14H2,1-2H3. The predicted octanol–water partition coefficient (Wildman–Crippen LogP) is 1.88. The van der Waals surface area contributed by atoms with E-state index in [1.54, 1.807) is 7.11 Å². The lowest BCUT2D eigenvalue weighted by Crippen LogP contribution is -2.19. The van der Waals surface area contributed by atoms with Gasteiger partial charge in [0.2, 0.25) is 0 Å². The van der Waals surface area contributed by atoms with Crippen molar-refractivity contribution in [3.63, 3.8) is 0 Å². The van der Waals surface area contributed by atoms with Crippen molar-refractivity contribution in [2.75, 3.05) is 37.9 Å². The van der Waals surface area contributed by atoms with Gasteiger partial charge in [0, 0.05) is 26.3 Å². The van der Waals surface area contributed by atoms with Crippen LogP contribution in [0.15, 0.2) is 18.2 Å². The van der Waals surface area contributed by atoms with Crippen LogP contribution in [0.1, 0.15) is 19.3 Å². The van der Waals surface area contributed by atoms with Gasteiger partial charge in [-0.2, -0.15) is 0 Å². The lowest BCUT2D eigenvalue weighted by atomic mass is 10.2. The van der Waals surface area contributed by atoms with E-state index < -0.39 is 0 Å². The fraction of sp³-hybridized carbons (Fsp3) is 0.538. The summed E-state index contributed by atoms with van der Waals surface area (Å²) in [5.74, 6) is 0.778. The number of rotatable bonds is 7. The van der Waals surface area contributed by atoms with E-state index >= 15 is 0 Å². The van der Waals surface area contributed by atoms with Gasteiger partial charge in [-0.1, -0.05) is 0 Å². The van der Waals surface area contributed by atoms with E-state index in [1.165, 1.54) is 0 Å². The highest BCUT2D eigenvalue weighted by Crippen LogP contribution is 2.26.